The molecular formula is C14H17ClF2N2O3. The van der Waals surface area contributed by atoms with Gasteiger partial charge in [0, 0.05) is 11.6 Å². The Morgan fingerprint density at radius 3 is 2.18 bits per heavy atom. The summed E-state index contributed by atoms with van der Waals surface area (Å²) in [5.74, 6) is -4.56. The maximum absolute atomic E-state index is 13.5. The number of nitrogens with one attached hydrogen (secondary N) is 2. The first-order valence-corrected chi connectivity index (χ1v) is 6.82. The van der Waals surface area contributed by atoms with Crippen molar-refractivity contribution < 1.29 is 23.5 Å². The van der Waals surface area contributed by atoms with Crippen LogP contribution in [0.2, 0.25) is 5.02 Å². The zero-order valence-electron chi connectivity index (χ0n) is 12.3. The Morgan fingerprint density at radius 2 is 1.73 bits per heavy atom. The lowest BCUT2D eigenvalue weighted by molar-refractivity contribution is -0.136. The molecule has 122 valence electrons. The average molecular weight is 335 g/mol. The summed E-state index contributed by atoms with van der Waals surface area (Å²) < 4.78 is 27.0. The number of hydrogen-bond acceptors (Lipinski definition) is 3. The molecule has 1 atom stereocenters. The Hall–Kier alpha value is -1.73. The van der Waals surface area contributed by atoms with E-state index in [-0.39, 0.29) is 11.6 Å². The summed E-state index contributed by atoms with van der Waals surface area (Å²) in [4.78, 5) is 23.2. The molecule has 2 amide bonds. The van der Waals surface area contributed by atoms with Gasteiger partial charge in [-0.25, -0.2) is 8.78 Å². The van der Waals surface area contributed by atoms with Crippen molar-refractivity contribution in [1.82, 2.24) is 5.32 Å². The maximum atomic E-state index is 13.5. The third-order valence-electron chi connectivity index (χ3n) is 2.91. The summed E-state index contributed by atoms with van der Waals surface area (Å²) >= 11 is 5.45. The van der Waals surface area contributed by atoms with E-state index in [0.29, 0.717) is 0 Å². The molecule has 1 rings (SSSR count). The van der Waals surface area contributed by atoms with Crippen LogP contribution in [0.25, 0.3) is 0 Å². The van der Waals surface area contributed by atoms with Crippen molar-refractivity contribution in [1.29, 1.82) is 0 Å². The van der Waals surface area contributed by atoms with Crippen LogP contribution in [0.15, 0.2) is 12.1 Å². The van der Waals surface area contributed by atoms with Gasteiger partial charge in [-0.15, -0.1) is 0 Å². The summed E-state index contributed by atoms with van der Waals surface area (Å²) in [5.41, 5.74) is -1.25. The van der Waals surface area contributed by atoms with Crippen molar-refractivity contribution in [3.05, 3.63) is 28.8 Å². The molecule has 1 aromatic carbocycles. The van der Waals surface area contributed by atoms with Gasteiger partial charge in [-0.2, -0.15) is 0 Å². The number of benzene rings is 1. The fraction of sp³-hybridized carbons (Fsp3) is 0.429. The standard InChI is InChI=1S/C14H17ClF2N2O3/c1-14(2,3)10(20)6-18-12(21)13(22)19-11-8(16)4-7(15)5-9(11)17/h4-5,10,20H,6H2,1-3H3,(H,18,21)(H,19,22). The molecule has 0 spiro atoms. The SMILES string of the molecule is CC(C)(C)C(O)CNC(=O)C(=O)Nc1c(F)cc(Cl)cc1F. The number of halogens is 3. The molecule has 0 aliphatic carbocycles. The van der Waals surface area contributed by atoms with E-state index in [2.05, 4.69) is 5.32 Å². The molecule has 0 saturated carbocycles. The molecule has 5 nitrogen and oxygen atoms in total. The number of carbonyl (C=O) groups excluding carboxylic acids is 2. The molecule has 8 heteroatoms. The summed E-state index contributed by atoms with van der Waals surface area (Å²) in [6.07, 6.45) is -0.881. The van der Waals surface area contributed by atoms with Gasteiger partial charge in [0.1, 0.15) is 5.69 Å². The van der Waals surface area contributed by atoms with Gasteiger partial charge in [0.25, 0.3) is 0 Å². The zero-order valence-corrected chi connectivity index (χ0v) is 13.1. The Morgan fingerprint density at radius 1 is 1.23 bits per heavy atom. The normalized spacial score (nSPS) is 12.7. The molecule has 0 fully saturated rings. The first-order valence-electron chi connectivity index (χ1n) is 6.44. The minimum absolute atomic E-state index is 0.165. The van der Waals surface area contributed by atoms with E-state index in [0.717, 1.165) is 12.1 Å². The van der Waals surface area contributed by atoms with Crippen LogP contribution in [0.4, 0.5) is 14.5 Å². The van der Waals surface area contributed by atoms with Gasteiger partial charge in [-0.3, -0.25) is 9.59 Å². The van der Waals surface area contributed by atoms with Crippen molar-refractivity contribution in [2.24, 2.45) is 5.41 Å². The van der Waals surface area contributed by atoms with Crippen LogP contribution in [0, 0.1) is 17.0 Å². The van der Waals surface area contributed by atoms with Gasteiger partial charge in [0.2, 0.25) is 0 Å². The predicted molar refractivity (Wildman–Crippen MR) is 78.5 cm³/mol. The highest BCUT2D eigenvalue weighted by atomic mass is 35.5. The molecule has 0 bridgehead atoms. The highest BCUT2D eigenvalue weighted by Crippen LogP contribution is 2.23. The van der Waals surface area contributed by atoms with Gasteiger partial charge in [0.05, 0.1) is 6.10 Å². The molecule has 0 radical (unpaired) electrons. The first kappa shape index (κ1) is 18.3. The summed E-state index contributed by atoms with van der Waals surface area (Å²) in [6.45, 7) is 5.09. The fourth-order valence-corrected chi connectivity index (χ4v) is 1.60. The van der Waals surface area contributed by atoms with Gasteiger partial charge in [0.15, 0.2) is 11.6 Å². The molecule has 3 N–H and O–H groups in total. The molecule has 0 aliphatic heterocycles. The molecular weight excluding hydrogens is 318 g/mol. The van der Waals surface area contributed by atoms with E-state index < -0.39 is 40.7 Å². The number of aliphatic hydroxyl groups excluding tert-OH is 1. The number of aliphatic hydroxyl groups is 1. The van der Waals surface area contributed by atoms with E-state index >= 15 is 0 Å². The largest absolute Gasteiger partial charge is 0.391 e. The van der Waals surface area contributed by atoms with Crippen molar-refractivity contribution in [3.63, 3.8) is 0 Å². The third kappa shape index (κ3) is 4.92. The second kappa shape index (κ2) is 7.02. The van der Waals surface area contributed by atoms with Crippen LogP contribution in [0.5, 0.6) is 0 Å². The quantitative estimate of drug-likeness (QED) is 0.741. The van der Waals surface area contributed by atoms with E-state index in [9.17, 15) is 23.5 Å². The van der Waals surface area contributed by atoms with Crippen molar-refractivity contribution in [3.8, 4) is 0 Å². The average Bonchev–Trinajstić information content (AvgIpc) is 2.38. The molecule has 0 heterocycles. The van der Waals surface area contributed by atoms with Crippen molar-refractivity contribution >= 4 is 29.1 Å². The number of carbonyl (C=O) groups is 2. The second-order valence-electron chi connectivity index (χ2n) is 5.79. The van der Waals surface area contributed by atoms with Gasteiger partial charge < -0.3 is 15.7 Å². The summed E-state index contributed by atoms with van der Waals surface area (Å²) in [7, 11) is 0. The van der Waals surface area contributed by atoms with Gasteiger partial charge in [-0.05, 0) is 17.5 Å². The number of hydrogen-bond donors (Lipinski definition) is 3. The monoisotopic (exact) mass is 334 g/mol. The van der Waals surface area contributed by atoms with Crippen LogP contribution in [0.1, 0.15) is 20.8 Å². The predicted octanol–water partition coefficient (Wildman–Crippen LogP) is 2.08. The van der Waals surface area contributed by atoms with Crippen LogP contribution in [-0.4, -0.2) is 29.6 Å². The smallest absolute Gasteiger partial charge is 0.313 e. The lowest BCUT2D eigenvalue weighted by Crippen LogP contribution is -2.43. The van der Waals surface area contributed by atoms with Crippen molar-refractivity contribution in [2.75, 3.05) is 11.9 Å². The van der Waals surface area contributed by atoms with E-state index in [1.165, 1.54) is 0 Å². The second-order valence-corrected chi connectivity index (χ2v) is 6.23. The molecule has 22 heavy (non-hydrogen) atoms. The van der Waals surface area contributed by atoms with E-state index in [1.807, 2.05) is 5.32 Å². The molecule has 0 saturated heterocycles. The highest BCUT2D eigenvalue weighted by molar-refractivity contribution is 6.39. The van der Waals surface area contributed by atoms with Crippen LogP contribution in [-0.2, 0) is 9.59 Å². The maximum Gasteiger partial charge on any atom is 0.313 e. The lowest BCUT2D eigenvalue weighted by Gasteiger charge is -2.25. The van der Waals surface area contributed by atoms with Crippen LogP contribution in [0.3, 0.4) is 0 Å². The van der Waals surface area contributed by atoms with Gasteiger partial charge >= 0.3 is 11.8 Å². The van der Waals surface area contributed by atoms with Crippen molar-refractivity contribution in [2.45, 2.75) is 26.9 Å². The summed E-state index contributed by atoms with van der Waals surface area (Å²) in [5, 5.41) is 13.6. The van der Waals surface area contributed by atoms with Crippen LogP contribution < -0.4 is 10.6 Å². The van der Waals surface area contributed by atoms with Gasteiger partial charge in [-0.1, -0.05) is 32.4 Å². The Bertz CT molecular complexity index is 565. The highest BCUT2D eigenvalue weighted by Gasteiger charge is 2.24. The topological polar surface area (TPSA) is 78.4 Å². The Kier molecular flexibility index (Phi) is 5.85. The molecule has 0 aromatic heterocycles. The molecule has 1 aromatic rings. The molecule has 1 unspecified atom stereocenters. The first-order chi connectivity index (χ1) is 10.0. The number of amides is 2. The molecule has 0 aliphatic rings. The van der Waals surface area contributed by atoms with Crippen LogP contribution >= 0.6 is 11.6 Å². The Labute approximate surface area is 131 Å². The van der Waals surface area contributed by atoms with E-state index in [1.54, 1.807) is 20.8 Å². The number of anilines is 1. The minimum Gasteiger partial charge on any atom is -0.391 e. The fourth-order valence-electron chi connectivity index (χ4n) is 1.41. The minimum atomic E-state index is -1.25. The zero-order chi connectivity index (χ0) is 17.1. The third-order valence-corrected chi connectivity index (χ3v) is 3.13. The number of rotatable bonds is 3. The Balaban J connectivity index is 2.68. The van der Waals surface area contributed by atoms with E-state index in [4.69, 9.17) is 11.6 Å². The lowest BCUT2D eigenvalue weighted by atomic mass is 9.89. The summed E-state index contributed by atoms with van der Waals surface area (Å²) in [6, 6.07) is 1.61.